The number of aromatic nitrogens is 5. The Hall–Kier alpha value is -2.38. The smallest absolute Gasteiger partial charge is 0.216 e. The molecule has 3 rings (SSSR count). The van der Waals surface area contributed by atoms with Gasteiger partial charge in [-0.05, 0) is 29.9 Å². The number of benzene rings is 1. The van der Waals surface area contributed by atoms with E-state index < -0.39 is 0 Å². The molecule has 0 saturated carbocycles. The van der Waals surface area contributed by atoms with Gasteiger partial charge in [0, 0.05) is 17.4 Å². The summed E-state index contributed by atoms with van der Waals surface area (Å²) in [6.07, 6.45) is 6.44. The van der Waals surface area contributed by atoms with Gasteiger partial charge >= 0.3 is 0 Å². The van der Waals surface area contributed by atoms with Crippen molar-refractivity contribution in [1.29, 1.82) is 0 Å². The summed E-state index contributed by atoms with van der Waals surface area (Å²) in [6.45, 7) is 0. The van der Waals surface area contributed by atoms with E-state index in [4.69, 9.17) is 23.8 Å². The van der Waals surface area contributed by atoms with E-state index in [0.29, 0.717) is 21.3 Å². The fraction of sp³-hybridized carbons (Fsp3) is 0. The zero-order valence-corrected chi connectivity index (χ0v) is 12.2. The van der Waals surface area contributed by atoms with Gasteiger partial charge in [0.25, 0.3) is 0 Å². The number of halogens is 1. The molecule has 0 amide bonds. The lowest BCUT2D eigenvalue weighted by atomic mass is 10.2. The molecule has 2 heterocycles. The Morgan fingerprint density at radius 3 is 2.76 bits per heavy atom. The molecule has 6 nitrogen and oxygen atoms in total. The lowest BCUT2D eigenvalue weighted by Crippen LogP contribution is -1.96. The Labute approximate surface area is 130 Å². The van der Waals surface area contributed by atoms with Crippen LogP contribution in [0.15, 0.2) is 48.0 Å². The number of hydrogen-bond acceptors (Lipinski definition) is 5. The molecule has 2 aromatic heterocycles. The normalized spacial score (nSPS) is 11.1. The number of nitrogens with zero attached hydrogens (tertiary/aromatic N) is 5. The standard InChI is InChI=1S/C13H9ClN6S/c14-10-3-1-9(2-4-10)7-17-20-12(18-19-13(20)21)11-8-15-5-6-16-11/h1-8H,(H,19,21)/b17-7+. The second-order valence-corrected chi connectivity index (χ2v) is 4.87. The Morgan fingerprint density at radius 2 is 2.05 bits per heavy atom. The molecule has 0 aliphatic carbocycles. The maximum Gasteiger partial charge on any atom is 0.216 e. The summed E-state index contributed by atoms with van der Waals surface area (Å²) in [5.41, 5.74) is 1.48. The van der Waals surface area contributed by atoms with Gasteiger partial charge in [0.15, 0.2) is 0 Å². The second kappa shape index (κ2) is 5.94. The minimum atomic E-state index is 0.376. The van der Waals surface area contributed by atoms with Crippen molar-refractivity contribution in [3.8, 4) is 11.5 Å². The third kappa shape index (κ3) is 3.04. The van der Waals surface area contributed by atoms with Crippen LogP contribution < -0.4 is 0 Å². The molecule has 1 aromatic carbocycles. The molecule has 0 fully saturated rings. The second-order valence-electron chi connectivity index (χ2n) is 4.05. The van der Waals surface area contributed by atoms with Crippen molar-refractivity contribution in [2.75, 3.05) is 0 Å². The van der Waals surface area contributed by atoms with E-state index in [1.165, 1.54) is 4.68 Å². The lowest BCUT2D eigenvalue weighted by molar-refractivity contribution is 0.866. The third-order valence-electron chi connectivity index (χ3n) is 2.63. The van der Waals surface area contributed by atoms with Crippen LogP contribution in [0.3, 0.4) is 0 Å². The average molecular weight is 317 g/mol. The summed E-state index contributed by atoms with van der Waals surface area (Å²) in [6, 6.07) is 7.30. The van der Waals surface area contributed by atoms with Crippen molar-refractivity contribution < 1.29 is 0 Å². The Morgan fingerprint density at radius 1 is 1.24 bits per heavy atom. The van der Waals surface area contributed by atoms with E-state index in [1.807, 2.05) is 12.1 Å². The van der Waals surface area contributed by atoms with Crippen molar-refractivity contribution in [2.24, 2.45) is 5.10 Å². The topological polar surface area (TPSA) is 71.8 Å². The Bertz CT molecular complexity index is 822. The SMILES string of the molecule is S=c1[nH]nc(-c2cnccn2)n1/N=C/c1ccc(Cl)cc1. The van der Waals surface area contributed by atoms with Crippen LogP contribution in [-0.2, 0) is 0 Å². The molecule has 1 N–H and O–H groups in total. The van der Waals surface area contributed by atoms with Crippen LogP contribution in [-0.4, -0.2) is 31.1 Å². The summed E-state index contributed by atoms with van der Waals surface area (Å²) in [7, 11) is 0. The van der Waals surface area contributed by atoms with Crippen molar-refractivity contribution in [3.05, 3.63) is 58.2 Å². The monoisotopic (exact) mass is 316 g/mol. The molecular formula is C13H9ClN6S. The highest BCUT2D eigenvalue weighted by Crippen LogP contribution is 2.13. The predicted molar refractivity (Wildman–Crippen MR) is 82.9 cm³/mol. The molecule has 0 unspecified atom stereocenters. The molecule has 21 heavy (non-hydrogen) atoms. The van der Waals surface area contributed by atoms with Crippen LogP contribution in [0.4, 0.5) is 0 Å². The molecule has 104 valence electrons. The summed E-state index contributed by atoms with van der Waals surface area (Å²) >= 11 is 11.0. The van der Waals surface area contributed by atoms with Gasteiger partial charge in [-0.25, -0.2) is 10.1 Å². The van der Waals surface area contributed by atoms with Gasteiger partial charge in [-0.2, -0.15) is 14.9 Å². The molecule has 0 aliphatic rings. The Balaban J connectivity index is 1.98. The van der Waals surface area contributed by atoms with E-state index in [0.717, 1.165) is 5.56 Å². The van der Waals surface area contributed by atoms with Gasteiger partial charge in [0.05, 0.1) is 12.4 Å². The number of aromatic amines is 1. The van der Waals surface area contributed by atoms with Gasteiger partial charge < -0.3 is 0 Å². The molecule has 0 spiro atoms. The summed E-state index contributed by atoms with van der Waals surface area (Å²) in [4.78, 5) is 8.20. The molecule has 0 saturated heterocycles. The van der Waals surface area contributed by atoms with E-state index in [1.54, 1.807) is 36.9 Å². The van der Waals surface area contributed by atoms with E-state index in [9.17, 15) is 0 Å². The Kier molecular flexibility index (Phi) is 3.85. The molecule has 0 radical (unpaired) electrons. The number of H-pyrrole nitrogens is 1. The average Bonchev–Trinajstić information content (AvgIpc) is 2.89. The van der Waals surface area contributed by atoms with Crippen molar-refractivity contribution in [2.45, 2.75) is 0 Å². The van der Waals surface area contributed by atoms with E-state index >= 15 is 0 Å². The molecule has 0 atom stereocenters. The minimum Gasteiger partial charge on any atom is -0.261 e. The van der Waals surface area contributed by atoms with Gasteiger partial charge in [-0.3, -0.25) is 4.98 Å². The van der Waals surface area contributed by atoms with E-state index in [2.05, 4.69) is 25.3 Å². The zero-order chi connectivity index (χ0) is 14.7. The predicted octanol–water partition coefficient (Wildman–Crippen LogP) is 2.93. The molecule has 8 heteroatoms. The highest BCUT2D eigenvalue weighted by Gasteiger charge is 2.08. The maximum atomic E-state index is 5.85. The van der Waals surface area contributed by atoms with Crippen LogP contribution in [0.1, 0.15) is 5.56 Å². The summed E-state index contributed by atoms with van der Waals surface area (Å²) in [5, 5.41) is 11.8. The third-order valence-corrected chi connectivity index (χ3v) is 3.15. The van der Waals surface area contributed by atoms with E-state index in [-0.39, 0.29) is 0 Å². The van der Waals surface area contributed by atoms with Crippen LogP contribution >= 0.6 is 23.8 Å². The zero-order valence-electron chi connectivity index (χ0n) is 10.6. The van der Waals surface area contributed by atoms with Crippen LogP contribution in [0.5, 0.6) is 0 Å². The maximum absolute atomic E-state index is 5.85. The molecular weight excluding hydrogens is 308 g/mol. The van der Waals surface area contributed by atoms with Crippen LogP contribution in [0.2, 0.25) is 5.02 Å². The highest BCUT2D eigenvalue weighted by molar-refractivity contribution is 7.71. The molecule has 0 bridgehead atoms. The largest absolute Gasteiger partial charge is 0.261 e. The van der Waals surface area contributed by atoms with Crippen molar-refractivity contribution in [3.63, 3.8) is 0 Å². The van der Waals surface area contributed by atoms with Crippen LogP contribution in [0.25, 0.3) is 11.5 Å². The minimum absolute atomic E-state index is 0.376. The molecule has 0 aliphatic heterocycles. The first kappa shape index (κ1) is 13.6. The number of nitrogens with one attached hydrogen (secondary N) is 1. The molecule has 3 aromatic rings. The fourth-order valence-electron chi connectivity index (χ4n) is 1.65. The van der Waals surface area contributed by atoms with Crippen molar-refractivity contribution >= 4 is 30.0 Å². The fourth-order valence-corrected chi connectivity index (χ4v) is 1.96. The van der Waals surface area contributed by atoms with Crippen LogP contribution in [0, 0.1) is 4.77 Å². The number of rotatable bonds is 3. The van der Waals surface area contributed by atoms with Gasteiger partial charge in [0.1, 0.15) is 5.69 Å². The first-order chi connectivity index (χ1) is 10.2. The van der Waals surface area contributed by atoms with Crippen molar-refractivity contribution in [1.82, 2.24) is 24.8 Å². The van der Waals surface area contributed by atoms with Gasteiger partial charge in [-0.1, -0.05) is 23.7 Å². The van der Waals surface area contributed by atoms with Gasteiger partial charge in [-0.15, -0.1) is 0 Å². The summed E-state index contributed by atoms with van der Waals surface area (Å²) in [5.74, 6) is 0.498. The first-order valence-electron chi connectivity index (χ1n) is 5.98. The highest BCUT2D eigenvalue weighted by atomic mass is 35.5. The van der Waals surface area contributed by atoms with Gasteiger partial charge in [0.2, 0.25) is 10.6 Å². The summed E-state index contributed by atoms with van der Waals surface area (Å²) < 4.78 is 1.87. The first-order valence-corrected chi connectivity index (χ1v) is 6.76. The lowest BCUT2D eigenvalue weighted by Gasteiger charge is -1.99. The number of hydrogen-bond donors (Lipinski definition) is 1. The quantitative estimate of drug-likeness (QED) is 0.595.